The molecule has 1 aliphatic rings. The van der Waals surface area contributed by atoms with Crippen LogP contribution in [0.4, 0.5) is 5.69 Å². The molecular weight excluding hydrogens is 257 g/mol. The summed E-state index contributed by atoms with van der Waals surface area (Å²) in [5.74, 6) is 0.458. The lowest BCUT2D eigenvalue weighted by molar-refractivity contribution is 0.0819. The molecule has 1 saturated heterocycles. The van der Waals surface area contributed by atoms with E-state index in [1.807, 2.05) is 12.1 Å². The smallest absolute Gasteiger partial charge is 0.0605 e. The summed E-state index contributed by atoms with van der Waals surface area (Å²) < 4.78 is 5.38. The molecule has 17 heavy (non-hydrogen) atoms. The molecule has 1 aromatic carbocycles. The summed E-state index contributed by atoms with van der Waals surface area (Å²) in [5, 5.41) is 0.756. The third-order valence-corrected chi connectivity index (χ3v) is 3.97. The molecule has 0 aromatic heterocycles. The van der Waals surface area contributed by atoms with Gasteiger partial charge in [0.05, 0.1) is 12.0 Å². The lowest BCUT2D eigenvalue weighted by Gasteiger charge is -2.34. The van der Waals surface area contributed by atoms with Crippen molar-refractivity contribution < 1.29 is 4.74 Å². The second-order valence-electron chi connectivity index (χ2n) is 4.29. The van der Waals surface area contributed by atoms with Gasteiger partial charge in [-0.05, 0) is 25.0 Å². The van der Waals surface area contributed by atoms with Crippen molar-refractivity contribution >= 4 is 28.9 Å². The number of alkyl halides is 1. The molecule has 0 unspecified atom stereocenters. The van der Waals surface area contributed by atoms with E-state index in [4.69, 9.17) is 27.9 Å². The lowest BCUT2D eigenvalue weighted by atomic mass is 10.1. The van der Waals surface area contributed by atoms with Gasteiger partial charge in [0.1, 0.15) is 0 Å². The zero-order chi connectivity index (χ0) is 12.3. The third kappa shape index (κ3) is 2.87. The van der Waals surface area contributed by atoms with Crippen molar-refractivity contribution in [1.29, 1.82) is 0 Å². The van der Waals surface area contributed by atoms with Crippen LogP contribution in [0, 0.1) is 0 Å². The number of anilines is 1. The van der Waals surface area contributed by atoms with E-state index in [-0.39, 0.29) is 0 Å². The van der Waals surface area contributed by atoms with Crippen LogP contribution < -0.4 is 4.90 Å². The maximum Gasteiger partial charge on any atom is 0.0605 e. The molecule has 0 bridgehead atoms. The zero-order valence-electron chi connectivity index (χ0n) is 9.96. The van der Waals surface area contributed by atoms with Gasteiger partial charge in [-0.15, -0.1) is 11.6 Å². The summed E-state index contributed by atoms with van der Waals surface area (Å²) in [7, 11) is 1.78. The van der Waals surface area contributed by atoms with E-state index in [0.29, 0.717) is 12.0 Å². The molecule has 1 aromatic rings. The van der Waals surface area contributed by atoms with Gasteiger partial charge in [-0.1, -0.05) is 17.7 Å². The second kappa shape index (κ2) is 5.94. The number of nitrogens with zero attached hydrogens (tertiary/aromatic N) is 1. The fourth-order valence-corrected chi connectivity index (χ4v) is 2.89. The molecule has 1 aliphatic heterocycles. The zero-order valence-corrected chi connectivity index (χ0v) is 11.5. The van der Waals surface area contributed by atoms with Crippen molar-refractivity contribution in [1.82, 2.24) is 0 Å². The number of benzene rings is 1. The van der Waals surface area contributed by atoms with Crippen LogP contribution in [0.25, 0.3) is 0 Å². The van der Waals surface area contributed by atoms with Gasteiger partial charge in [0.25, 0.3) is 0 Å². The molecule has 1 heterocycles. The van der Waals surface area contributed by atoms with Gasteiger partial charge in [0.2, 0.25) is 0 Å². The Labute approximate surface area is 112 Å². The third-order valence-electron chi connectivity index (χ3n) is 3.34. The number of rotatable bonds is 3. The van der Waals surface area contributed by atoms with E-state index in [0.717, 1.165) is 36.5 Å². The number of halogens is 2. The van der Waals surface area contributed by atoms with Gasteiger partial charge >= 0.3 is 0 Å². The maximum absolute atomic E-state index is 6.17. The van der Waals surface area contributed by atoms with Crippen LogP contribution >= 0.6 is 23.2 Å². The van der Waals surface area contributed by atoms with Crippen molar-refractivity contribution in [3.8, 4) is 0 Å². The molecule has 0 amide bonds. The molecular formula is C13H17Cl2NO. The molecule has 0 saturated carbocycles. The molecule has 4 heteroatoms. The summed E-state index contributed by atoms with van der Waals surface area (Å²) in [4.78, 5) is 2.35. The van der Waals surface area contributed by atoms with Crippen molar-refractivity contribution in [3.63, 3.8) is 0 Å². The van der Waals surface area contributed by atoms with Gasteiger partial charge in [-0.25, -0.2) is 0 Å². The first-order chi connectivity index (χ1) is 8.26. The summed E-state index contributed by atoms with van der Waals surface area (Å²) >= 11 is 12.1. The van der Waals surface area contributed by atoms with Crippen LogP contribution in [0.5, 0.6) is 0 Å². The first-order valence-corrected chi connectivity index (χ1v) is 6.78. The molecule has 94 valence electrons. The van der Waals surface area contributed by atoms with Gasteiger partial charge in [-0.2, -0.15) is 0 Å². The van der Waals surface area contributed by atoms with Crippen molar-refractivity contribution in [2.24, 2.45) is 0 Å². The Morgan fingerprint density at radius 2 is 2.06 bits per heavy atom. The summed E-state index contributed by atoms with van der Waals surface area (Å²) in [6, 6.07) is 5.97. The first kappa shape index (κ1) is 13.0. The minimum Gasteiger partial charge on any atom is -0.381 e. The first-order valence-electron chi connectivity index (χ1n) is 5.87. The Bertz CT molecular complexity index is 376. The van der Waals surface area contributed by atoms with Crippen LogP contribution in [0.15, 0.2) is 18.2 Å². The Morgan fingerprint density at radius 3 is 2.65 bits per heavy atom. The normalized spacial score (nSPS) is 17.5. The molecule has 0 N–H and O–H groups in total. The summed E-state index contributed by atoms with van der Waals surface area (Å²) in [6.07, 6.45) is 2.51. The number of methoxy groups -OCH3 is 1. The largest absolute Gasteiger partial charge is 0.381 e. The van der Waals surface area contributed by atoms with Gasteiger partial charge < -0.3 is 9.64 Å². The average molecular weight is 274 g/mol. The molecule has 2 nitrogen and oxygen atoms in total. The van der Waals surface area contributed by atoms with Gasteiger partial charge in [0.15, 0.2) is 0 Å². The van der Waals surface area contributed by atoms with Crippen LogP contribution in [0.3, 0.4) is 0 Å². The van der Waals surface area contributed by atoms with E-state index in [1.54, 1.807) is 7.11 Å². The minimum atomic E-state index is 0.393. The molecule has 0 aliphatic carbocycles. The Hall–Kier alpha value is -0.440. The number of ether oxygens (including phenoxy) is 1. The molecule has 0 atom stereocenters. The fraction of sp³-hybridized carbons (Fsp3) is 0.538. The van der Waals surface area contributed by atoms with E-state index < -0.39 is 0 Å². The van der Waals surface area contributed by atoms with Crippen LogP contribution in [-0.2, 0) is 10.6 Å². The monoisotopic (exact) mass is 273 g/mol. The topological polar surface area (TPSA) is 12.5 Å². The predicted molar refractivity (Wildman–Crippen MR) is 73.3 cm³/mol. The highest BCUT2D eigenvalue weighted by molar-refractivity contribution is 6.32. The number of piperidine rings is 1. The maximum atomic E-state index is 6.17. The molecule has 2 rings (SSSR count). The average Bonchev–Trinajstić information content (AvgIpc) is 2.38. The van der Waals surface area contributed by atoms with E-state index in [1.165, 1.54) is 5.69 Å². The van der Waals surface area contributed by atoms with Gasteiger partial charge in [-0.3, -0.25) is 0 Å². The molecule has 1 fully saturated rings. The van der Waals surface area contributed by atoms with E-state index in [9.17, 15) is 0 Å². The highest BCUT2D eigenvalue weighted by atomic mass is 35.5. The molecule has 0 spiro atoms. The predicted octanol–water partition coefficient (Wildman–Crippen LogP) is 3.69. The quantitative estimate of drug-likeness (QED) is 0.779. The van der Waals surface area contributed by atoms with Gasteiger partial charge in [0, 0.05) is 36.5 Å². The number of hydrogen-bond donors (Lipinski definition) is 0. The SMILES string of the molecule is COC1CCN(c2cccc(Cl)c2CCl)CC1. The van der Waals surface area contributed by atoms with E-state index >= 15 is 0 Å². The van der Waals surface area contributed by atoms with Crippen molar-refractivity contribution in [2.75, 3.05) is 25.1 Å². The van der Waals surface area contributed by atoms with Crippen LogP contribution in [0.1, 0.15) is 18.4 Å². The minimum absolute atomic E-state index is 0.393. The molecule has 0 radical (unpaired) electrons. The lowest BCUT2D eigenvalue weighted by Crippen LogP contribution is -2.37. The highest BCUT2D eigenvalue weighted by Crippen LogP contribution is 2.31. The van der Waals surface area contributed by atoms with E-state index in [2.05, 4.69) is 11.0 Å². The van der Waals surface area contributed by atoms with Crippen molar-refractivity contribution in [3.05, 3.63) is 28.8 Å². The summed E-state index contributed by atoms with van der Waals surface area (Å²) in [6.45, 7) is 2.01. The summed E-state index contributed by atoms with van der Waals surface area (Å²) in [5.41, 5.74) is 2.20. The Morgan fingerprint density at radius 1 is 1.35 bits per heavy atom. The Balaban J connectivity index is 2.15. The number of hydrogen-bond acceptors (Lipinski definition) is 2. The highest BCUT2D eigenvalue weighted by Gasteiger charge is 2.21. The Kier molecular flexibility index (Phi) is 4.55. The second-order valence-corrected chi connectivity index (χ2v) is 4.97. The van der Waals surface area contributed by atoms with Crippen molar-refractivity contribution in [2.45, 2.75) is 24.8 Å². The van der Waals surface area contributed by atoms with Crippen LogP contribution in [0.2, 0.25) is 5.02 Å². The fourth-order valence-electron chi connectivity index (χ4n) is 2.31. The van der Waals surface area contributed by atoms with Crippen LogP contribution in [-0.4, -0.2) is 26.3 Å². The standard InChI is InChI=1S/C13H17Cl2NO/c1-17-10-5-7-16(8-6-10)13-4-2-3-12(15)11(13)9-14/h2-4,10H,5-9H2,1H3.